The van der Waals surface area contributed by atoms with E-state index in [-0.39, 0.29) is 5.56 Å². The number of nitrogen functional groups attached to an aromatic ring is 1. The number of hydrogen-bond donors (Lipinski definition) is 2. The van der Waals surface area contributed by atoms with Gasteiger partial charge in [0.2, 0.25) is 0 Å². The van der Waals surface area contributed by atoms with Crippen LogP contribution in [0.15, 0.2) is 18.2 Å². The van der Waals surface area contributed by atoms with Gasteiger partial charge in [-0.15, -0.1) is 0 Å². The van der Waals surface area contributed by atoms with Crippen molar-refractivity contribution in [2.45, 2.75) is 97.3 Å². The summed E-state index contributed by atoms with van der Waals surface area (Å²) in [6.45, 7) is 4.87. The van der Waals surface area contributed by atoms with Crippen LogP contribution in [0.5, 0.6) is 0 Å². The Kier molecular flexibility index (Phi) is 18.1. The lowest BCUT2D eigenvalue weighted by molar-refractivity contribution is 0.0698. The number of unbranched alkanes of at least 4 members (excludes halogenated alkanes) is 10. The zero-order chi connectivity index (χ0) is 22.6. The van der Waals surface area contributed by atoms with Gasteiger partial charge in [-0.3, -0.25) is 0 Å². The molecule has 3 N–H and O–H groups in total. The van der Waals surface area contributed by atoms with Gasteiger partial charge in [-0.2, -0.15) is 0 Å². The molecule has 172 valence electrons. The van der Waals surface area contributed by atoms with Crippen molar-refractivity contribution in [2.75, 3.05) is 12.3 Å². The number of hydrogen-bond acceptors (Lipinski definition) is 4. The van der Waals surface area contributed by atoms with Crippen LogP contribution in [-0.2, 0) is 11.2 Å². The molecule has 0 aliphatic rings. The van der Waals surface area contributed by atoms with Crippen LogP contribution in [0.4, 0.5) is 10.5 Å². The molecule has 30 heavy (non-hydrogen) atoms. The summed E-state index contributed by atoms with van der Waals surface area (Å²) in [6, 6.07) is 5.26. The lowest BCUT2D eigenvalue weighted by Crippen LogP contribution is -2.02. The monoisotopic (exact) mass is 441 g/mol. The third-order valence-electron chi connectivity index (χ3n) is 4.88. The van der Waals surface area contributed by atoms with Gasteiger partial charge < -0.3 is 15.6 Å². The first kappa shape index (κ1) is 28.2. The molecule has 1 rings (SSSR count). The van der Waals surface area contributed by atoms with E-state index in [9.17, 15) is 9.59 Å². The average Bonchev–Trinajstić information content (AvgIpc) is 2.70. The molecular weight excluding hydrogens is 402 g/mol. The first-order valence-electron chi connectivity index (χ1n) is 11.4. The lowest BCUT2D eigenvalue weighted by atomic mass is 10.0. The van der Waals surface area contributed by atoms with Gasteiger partial charge in [0.05, 0.1) is 12.2 Å². The zero-order valence-electron chi connectivity index (χ0n) is 18.8. The predicted octanol–water partition coefficient (Wildman–Crippen LogP) is 7.59. The second-order valence-corrected chi connectivity index (χ2v) is 7.91. The highest BCUT2D eigenvalue weighted by molar-refractivity contribution is 6.61. The highest BCUT2D eigenvalue weighted by atomic mass is 35.5. The van der Waals surface area contributed by atoms with E-state index in [0.717, 1.165) is 31.2 Å². The summed E-state index contributed by atoms with van der Waals surface area (Å²) < 4.78 is 4.57. The number of rotatable bonds is 15. The van der Waals surface area contributed by atoms with E-state index < -0.39 is 11.4 Å². The van der Waals surface area contributed by atoms with Crippen molar-refractivity contribution in [2.24, 2.45) is 0 Å². The second kappa shape index (κ2) is 19.2. The molecule has 0 unspecified atom stereocenters. The molecule has 1 aromatic carbocycles. The number of carbonyl (C=O) groups excluding carboxylic acids is 1. The standard InChI is InChI=1S/C15H23NO2.C9H17ClO2/c1-2-3-4-5-6-7-8-12-9-10-13(15(17)18)14(16)11-12;1-2-3-4-5-6-7-8-12-9(10)11/h9-11H,2-8,16H2,1H3,(H,17,18);2-8H2,1H3. The maximum Gasteiger partial charge on any atom is 0.403 e. The minimum atomic E-state index is -0.960. The number of aromatic carboxylic acids is 1. The first-order valence-corrected chi connectivity index (χ1v) is 11.7. The molecule has 0 fully saturated rings. The molecule has 0 saturated carbocycles. The Morgan fingerprint density at radius 2 is 1.43 bits per heavy atom. The fourth-order valence-electron chi connectivity index (χ4n) is 3.11. The van der Waals surface area contributed by atoms with Crippen molar-refractivity contribution >= 4 is 28.7 Å². The van der Waals surface area contributed by atoms with Crippen LogP contribution in [0.2, 0.25) is 0 Å². The van der Waals surface area contributed by atoms with Crippen LogP contribution in [-0.4, -0.2) is 23.1 Å². The van der Waals surface area contributed by atoms with Gasteiger partial charge in [-0.05, 0) is 37.0 Å². The van der Waals surface area contributed by atoms with Crippen LogP contribution < -0.4 is 5.73 Å². The van der Waals surface area contributed by atoms with Crippen molar-refractivity contribution in [3.05, 3.63) is 29.3 Å². The van der Waals surface area contributed by atoms with Crippen molar-refractivity contribution in [3.8, 4) is 0 Å². The number of anilines is 1. The predicted molar refractivity (Wildman–Crippen MR) is 125 cm³/mol. The van der Waals surface area contributed by atoms with Gasteiger partial charge >= 0.3 is 11.4 Å². The van der Waals surface area contributed by atoms with Gasteiger partial charge in [0.15, 0.2) is 0 Å². The summed E-state index contributed by atoms with van der Waals surface area (Å²) in [5, 5.41) is 8.87. The summed E-state index contributed by atoms with van der Waals surface area (Å²) in [5.74, 6) is -0.960. The molecule has 1 aromatic rings. The van der Waals surface area contributed by atoms with Crippen molar-refractivity contribution in [1.29, 1.82) is 0 Å². The summed E-state index contributed by atoms with van der Waals surface area (Å²) in [6.07, 6.45) is 15.7. The minimum Gasteiger partial charge on any atom is -0.478 e. The fourth-order valence-corrected chi connectivity index (χ4v) is 3.18. The smallest absolute Gasteiger partial charge is 0.403 e. The third kappa shape index (κ3) is 16.1. The molecule has 6 heteroatoms. The van der Waals surface area contributed by atoms with Gasteiger partial charge in [-0.1, -0.05) is 84.1 Å². The SMILES string of the molecule is CCCCCCCCOC(=O)Cl.CCCCCCCCc1ccc(C(=O)O)c(N)c1. The van der Waals surface area contributed by atoms with Crippen LogP contribution in [0.25, 0.3) is 0 Å². The molecule has 0 aliphatic heterocycles. The molecule has 0 spiro atoms. The number of carbonyl (C=O) groups is 2. The summed E-state index contributed by atoms with van der Waals surface area (Å²) in [7, 11) is 0. The minimum absolute atomic E-state index is 0.196. The number of carboxylic acids is 1. The van der Waals surface area contributed by atoms with Crippen LogP contribution in [0, 0.1) is 0 Å². The lowest BCUT2D eigenvalue weighted by Gasteiger charge is -2.05. The Bertz CT molecular complexity index is 593. The molecule has 0 bridgehead atoms. The number of carboxylic acid groups (broad SMARTS) is 1. The molecule has 0 aliphatic carbocycles. The summed E-state index contributed by atoms with van der Waals surface area (Å²) in [5.41, 5.74) is 6.72. The average molecular weight is 442 g/mol. The largest absolute Gasteiger partial charge is 0.478 e. The maximum absolute atomic E-state index is 10.8. The zero-order valence-corrected chi connectivity index (χ0v) is 19.5. The quantitative estimate of drug-likeness (QED) is 0.166. The fraction of sp³-hybridized carbons (Fsp3) is 0.667. The van der Waals surface area contributed by atoms with Gasteiger partial charge in [0.1, 0.15) is 0 Å². The van der Waals surface area contributed by atoms with Crippen LogP contribution in [0.1, 0.15) is 107 Å². The van der Waals surface area contributed by atoms with E-state index in [2.05, 4.69) is 18.6 Å². The highest BCUT2D eigenvalue weighted by Crippen LogP contribution is 2.17. The number of halogens is 1. The van der Waals surface area contributed by atoms with Crippen molar-refractivity contribution in [3.63, 3.8) is 0 Å². The topological polar surface area (TPSA) is 89.6 Å². The van der Waals surface area contributed by atoms with Gasteiger partial charge in [-0.25, -0.2) is 9.59 Å². The van der Waals surface area contributed by atoms with E-state index in [1.54, 1.807) is 12.1 Å². The number of benzene rings is 1. The number of ether oxygens (including phenoxy) is 1. The second-order valence-electron chi connectivity index (χ2n) is 7.60. The van der Waals surface area contributed by atoms with Crippen molar-refractivity contribution < 1.29 is 19.4 Å². The van der Waals surface area contributed by atoms with E-state index >= 15 is 0 Å². The maximum atomic E-state index is 10.8. The van der Waals surface area contributed by atoms with Gasteiger partial charge in [0.25, 0.3) is 0 Å². The van der Waals surface area contributed by atoms with E-state index in [1.165, 1.54) is 57.8 Å². The van der Waals surface area contributed by atoms with E-state index in [0.29, 0.717) is 12.3 Å². The Hall–Kier alpha value is -1.75. The Morgan fingerprint density at radius 1 is 0.900 bits per heavy atom. The normalized spacial score (nSPS) is 10.2. The van der Waals surface area contributed by atoms with E-state index in [4.69, 9.17) is 22.4 Å². The van der Waals surface area contributed by atoms with Crippen LogP contribution in [0.3, 0.4) is 0 Å². The number of aryl methyl sites for hydroxylation is 1. The highest BCUT2D eigenvalue weighted by Gasteiger charge is 2.07. The molecule has 0 saturated heterocycles. The molecule has 0 atom stereocenters. The Labute approximate surface area is 187 Å². The first-order chi connectivity index (χ1) is 14.4. The van der Waals surface area contributed by atoms with Crippen LogP contribution >= 0.6 is 11.6 Å². The van der Waals surface area contributed by atoms with Crippen molar-refractivity contribution in [1.82, 2.24) is 0 Å². The summed E-state index contributed by atoms with van der Waals surface area (Å²) >= 11 is 4.98. The number of nitrogens with two attached hydrogens (primary N) is 1. The Morgan fingerprint density at radius 3 is 1.93 bits per heavy atom. The summed E-state index contributed by atoms with van der Waals surface area (Å²) in [4.78, 5) is 20.9. The third-order valence-corrected chi connectivity index (χ3v) is 4.99. The molecule has 0 aromatic heterocycles. The van der Waals surface area contributed by atoms with E-state index in [1.807, 2.05) is 6.07 Å². The van der Waals surface area contributed by atoms with Gasteiger partial charge in [0, 0.05) is 17.3 Å². The molecule has 5 nitrogen and oxygen atoms in total. The molecule has 0 heterocycles. The molecular formula is C24H40ClNO4. The Balaban J connectivity index is 0.000000612. The molecule has 0 radical (unpaired) electrons. The molecule has 0 amide bonds.